The van der Waals surface area contributed by atoms with E-state index in [1.807, 2.05) is 24.3 Å². The number of fused-ring (bicyclic) bond motifs is 1. The summed E-state index contributed by atoms with van der Waals surface area (Å²) in [5, 5.41) is 0. The fraction of sp³-hybridized carbons (Fsp3) is 0.0909. The molecular formula is C11H10N2O. The highest BCUT2D eigenvalue weighted by Crippen LogP contribution is 2.16. The minimum Gasteiger partial charge on any atom is -0.274 e. The lowest BCUT2D eigenvalue weighted by Gasteiger charge is -1.99. The number of benzene rings is 1. The summed E-state index contributed by atoms with van der Waals surface area (Å²) in [6.07, 6.45) is 1.58. The van der Waals surface area contributed by atoms with Crippen LogP contribution in [-0.4, -0.2) is 15.5 Å². The Balaban J connectivity index is 2.87. The molecule has 0 aliphatic heterocycles. The summed E-state index contributed by atoms with van der Waals surface area (Å²) in [6, 6.07) is 7.53. The molecule has 0 spiro atoms. The molecule has 0 N–H and O–H groups in total. The molecule has 3 nitrogen and oxygen atoms in total. The number of nitrogens with zero attached hydrogens (tertiary/aromatic N) is 2. The third-order valence-corrected chi connectivity index (χ3v) is 2.08. The Morgan fingerprint density at radius 2 is 2.21 bits per heavy atom. The maximum Gasteiger partial charge on any atom is 0.229 e. The summed E-state index contributed by atoms with van der Waals surface area (Å²) in [4.78, 5) is 15.7. The van der Waals surface area contributed by atoms with E-state index in [1.165, 1.54) is 6.92 Å². The third-order valence-electron chi connectivity index (χ3n) is 2.08. The van der Waals surface area contributed by atoms with Crippen molar-refractivity contribution in [2.75, 3.05) is 0 Å². The van der Waals surface area contributed by atoms with E-state index in [0.717, 1.165) is 11.0 Å². The number of hydrogen-bond donors (Lipinski definition) is 0. The largest absolute Gasteiger partial charge is 0.274 e. The second kappa shape index (κ2) is 3.10. The Kier molecular flexibility index (Phi) is 1.93. The van der Waals surface area contributed by atoms with Crippen molar-refractivity contribution in [2.24, 2.45) is 0 Å². The van der Waals surface area contributed by atoms with E-state index < -0.39 is 0 Å². The molecule has 1 aromatic carbocycles. The van der Waals surface area contributed by atoms with Gasteiger partial charge in [-0.05, 0) is 18.2 Å². The van der Waals surface area contributed by atoms with Crippen LogP contribution in [0, 0.1) is 0 Å². The zero-order chi connectivity index (χ0) is 10.1. The minimum atomic E-state index is -0.0476. The lowest BCUT2D eigenvalue weighted by molar-refractivity contribution is 0.0940. The molecule has 3 heteroatoms. The number of para-hydroxylation sites is 2. The summed E-state index contributed by atoms with van der Waals surface area (Å²) in [5.41, 5.74) is 1.65. The van der Waals surface area contributed by atoms with Gasteiger partial charge in [0.15, 0.2) is 0 Å². The van der Waals surface area contributed by atoms with E-state index in [4.69, 9.17) is 0 Å². The van der Waals surface area contributed by atoms with Crippen LogP contribution in [0.1, 0.15) is 17.5 Å². The van der Waals surface area contributed by atoms with Crippen LogP contribution in [0.15, 0.2) is 30.8 Å². The highest BCUT2D eigenvalue weighted by Gasteiger charge is 2.09. The van der Waals surface area contributed by atoms with Gasteiger partial charge in [-0.25, -0.2) is 4.98 Å². The van der Waals surface area contributed by atoms with Crippen LogP contribution in [-0.2, 0) is 0 Å². The maximum absolute atomic E-state index is 11.4. The average molecular weight is 186 g/mol. The van der Waals surface area contributed by atoms with Gasteiger partial charge in [0.25, 0.3) is 0 Å². The lowest BCUT2D eigenvalue weighted by atomic mass is 10.3. The van der Waals surface area contributed by atoms with Gasteiger partial charge >= 0.3 is 0 Å². The number of aromatic nitrogens is 2. The van der Waals surface area contributed by atoms with Crippen molar-refractivity contribution >= 4 is 23.0 Å². The van der Waals surface area contributed by atoms with Crippen molar-refractivity contribution in [1.82, 2.24) is 9.55 Å². The van der Waals surface area contributed by atoms with Gasteiger partial charge in [0, 0.05) is 6.92 Å². The van der Waals surface area contributed by atoms with Crippen LogP contribution in [0.3, 0.4) is 0 Å². The van der Waals surface area contributed by atoms with Crippen molar-refractivity contribution in [3.8, 4) is 0 Å². The first kappa shape index (κ1) is 8.69. The molecule has 0 aliphatic rings. The zero-order valence-corrected chi connectivity index (χ0v) is 7.90. The van der Waals surface area contributed by atoms with Gasteiger partial charge in [-0.3, -0.25) is 9.36 Å². The molecule has 2 aromatic rings. The Bertz CT molecular complexity index is 511. The normalized spacial score (nSPS) is 10.4. The van der Waals surface area contributed by atoms with Crippen LogP contribution >= 0.6 is 0 Å². The highest BCUT2D eigenvalue weighted by molar-refractivity contribution is 5.91. The van der Waals surface area contributed by atoms with Crippen LogP contribution in [0.5, 0.6) is 0 Å². The van der Waals surface area contributed by atoms with Crippen molar-refractivity contribution in [3.63, 3.8) is 0 Å². The molecule has 1 heterocycles. The minimum absolute atomic E-state index is 0.0476. The molecule has 0 radical (unpaired) electrons. The molecular weight excluding hydrogens is 176 g/mol. The maximum atomic E-state index is 11.4. The van der Waals surface area contributed by atoms with E-state index in [-0.39, 0.29) is 5.91 Å². The Hall–Kier alpha value is -1.90. The molecule has 0 unspecified atom stereocenters. The van der Waals surface area contributed by atoms with E-state index in [0.29, 0.717) is 5.82 Å². The third kappa shape index (κ3) is 1.14. The molecule has 14 heavy (non-hydrogen) atoms. The van der Waals surface area contributed by atoms with Gasteiger partial charge in [0.1, 0.15) is 5.82 Å². The molecule has 1 aromatic heterocycles. The Morgan fingerprint density at radius 1 is 1.50 bits per heavy atom. The molecule has 0 bridgehead atoms. The van der Waals surface area contributed by atoms with E-state index in [2.05, 4.69) is 11.6 Å². The standard InChI is InChI=1S/C11H10N2O/c1-3-11-12-9-6-4-5-7-10(9)13(11)8(2)14/h3-7H,1H2,2H3. The lowest BCUT2D eigenvalue weighted by Crippen LogP contribution is -2.07. The summed E-state index contributed by atoms with van der Waals surface area (Å²) in [5.74, 6) is 0.548. The molecule has 70 valence electrons. The van der Waals surface area contributed by atoms with Crippen LogP contribution in [0.2, 0.25) is 0 Å². The zero-order valence-electron chi connectivity index (χ0n) is 7.90. The molecule has 0 aliphatic carbocycles. The van der Waals surface area contributed by atoms with E-state index in [1.54, 1.807) is 10.6 Å². The van der Waals surface area contributed by atoms with Gasteiger partial charge in [0.2, 0.25) is 5.91 Å². The molecule has 0 saturated heterocycles. The Labute approximate surface area is 81.7 Å². The van der Waals surface area contributed by atoms with Crippen molar-refractivity contribution < 1.29 is 4.79 Å². The fourth-order valence-corrected chi connectivity index (χ4v) is 1.51. The second-order valence-electron chi connectivity index (χ2n) is 3.02. The van der Waals surface area contributed by atoms with Crippen LogP contribution in [0.25, 0.3) is 17.1 Å². The molecule has 0 amide bonds. The predicted molar refractivity (Wildman–Crippen MR) is 56.1 cm³/mol. The first-order chi connectivity index (χ1) is 6.74. The SMILES string of the molecule is C=Cc1nc2ccccc2n1C(C)=O. The number of carbonyl (C=O) groups is 1. The smallest absolute Gasteiger partial charge is 0.229 e. The fourth-order valence-electron chi connectivity index (χ4n) is 1.51. The van der Waals surface area contributed by atoms with Crippen molar-refractivity contribution in [1.29, 1.82) is 0 Å². The van der Waals surface area contributed by atoms with Crippen molar-refractivity contribution in [3.05, 3.63) is 36.7 Å². The quantitative estimate of drug-likeness (QED) is 0.685. The molecule has 0 fully saturated rings. The molecule has 2 rings (SSSR count). The average Bonchev–Trinajstić information content (AvgIpc) is 2.55. The summed E-state index contributed by atoms with van der Waals surface area (Å²) >= 11 is 0. The number of rotatable bonds is 1. The van der Waals surface area contributed by atoms with Gasteiger partial charge in [0.05, 0.1) is 11.0 Å². The van der Waals surface area contributed by atoms with Gasteiger partial charge < -0.3 is 0 Å². The topological polar surface area (TPSA) is 34.9 Å². The molecule has 0 saturated carbocycles. The number of carbonyl (C=O) groups excluding carboxylic acids is 1. The summed E-state index contributed by atoms with van der Waals surface area (Å²) in [7, 11) is 0. The summed E-state index contributed by atoms with van der Waals surface area (Å²) < 4.78 is 1.56. The first-order valence-electron chi connectivity index (χ1n) is 4.35. The van der Waals surface area contributed by atoms with Crippen LogP contribution in [0.4, 0.5) is 0 Å². The highest BCUT2D eigenvalue weighted by atomic mass is 16.1. The van der Waals surface area contributed by atoms with Gasteiger partial charge in [-0.2, -0.15) is 0 Å². The number of imidazole rings is 1. The summed E-state index contributed by atoms with van der Waals surface area (Å²) in [6.45, 7) is 5.15. The molecule has 0 atom stereocenters. The first-order valence-corrected chi connectivity index (χ1v) is 4.35. The number of hydrogen-bond acceptors (Lipinski definition) is 2. The monoisotopic (exact) mass is 186 g/mol. The van der Waals surface area contributed by atoms with E-state index in [9.17, 15) is 4.79 Å². The van der Waals surface area contributed by atoms with Crippen LogP contribution < -0.4 is 0 Å². The van der Waals surface area contributed by atoms with Gasteiger partial charge in [-0.1, -0.05) is 18.7 Å². The predicted octanol–water partition coefficient (Wildman–Crippen LogP) is 2.34. The van der Waals surface area contributed by atoms with Crippen molar-refractivity contribution in [2.45, 2.75) is 6.92 Å². The van der Waals surface area contributed by atoms with E-state index >= 15 is 0 Å². The Morgan fingerprint density at radius 3 is 2.86 bits per heavy atom. The van der Waals surface area contributed by atoms with Gasteiger partial charge in [-0.15, -0.1) is 0 Å². The second-order valence-corrected chi connectivity index (χ2v) is 3.02.